The molecule has 0 amide bonds. The van der Waals surface area contributed by atoms with Crippen LogP contribution in [0.4, 0.5) is 0 Å². The number of rotatable bonds is 8. The maximum Gasteiger partial charge on any atom is 0.147 e. The Morgan fingerprint density at radius 2 is 1.11 bits per heavy atom. The van der Waals surface area contributed by atoms with E-state index >= 15 is 0 Å². The fourth-order valence-corrected chi connectivity index (χ4v) is 5.71. The highest BCUT2D eigenvalue weighted by Gasteiger charge is 2.26. The molecule has 2 heterocycles. The first-order valence-electron chi connectivity index (χ1n) is 8.89. The molecule has 0 radical (unpaired) electrons. The van der Waals surface area contributed by atoms with Crippen LogP contribution in [0.2, 0.25) is 0 Å². The number of halogens is 4. The van der Waals surface area contributed by atoms with Crippen molar-refractivity contribution in [2.75, 3.05) is 26.4 Å². The Labute approximate surface area is 197 Å². The molecule has 2 fully saturated rings. The summed E-state index contributed by atoms with van der Waals surface area (Å²) in [7, 11) is 0. The lowest BCUT2D eigenvalue weighted by Crippen LogP contribution is -2.06. The Kier molecular flexibility index (Phi) is 6.74. The van der Waals surface area contributed by atoms with Crippen molar-refractivity contribution in [2.45, 2.75) is 25.0 Å². The smallest absolute Gasteiger partial charge is 0.147 e. The van der Waals surface area contributed by atoms with Crippen molar-refractivity contribution in [2.24, 2.45) is 0 Å². The minimum Gasteiger partial charge on any atom is -0.488 e. The second kappa shape index (κ2) is 8.94. The minimum absolute atomic E-state index is 0.182. The molecule has 0 aromatic heterocycles. The number of epoxide rings is 2. The monoisotopic (exact) mass is 638 g/mol. The summed E-state index contributed by atoms with van der Waals surface area (Å²) < 4.78 is 25.9. The van der Waals surface area contributed by atoms with Gasteiger partial charge in [-0.3, -0.25) is 0 Å². The molecule has 2 atom stereocenters. The SMILES string of the molecule is CC(c1cc(Br)c(OCC2CO2)c(Br)c1)c1cc(Br)c(OCC2CO2)c(Br)c1. The highest BCUT2D eigenvalue weighted by atomic mass is 79.9. The molecule has 2 saturated heterocycles. The van der Waals surface area contributed by atoms with Gasteiger partial charge in [0.2, 0.25) is 0 Å². The van der Waals surface area contributed by atoms with Gasteiger partial charge in [-0.25, -0.2) is 0 Å². The van der Waals surface area contributed by atoms with Gasteiger partial charge in [0.05, 0.1) is 31.1 Å². The molecule has 2 aliphatic rings. The molecular weight excluding hydrogens is 624 g/mol. The van der Waals surface area contributed by atoms with E-state index in [0.29, 0.717) is 13.2 Å². The van der Waals surface area contributed by atoms with Gasteiger partial charge >= 0.3 is 0 Å². The lowest BCUT2D eigenvalue weighted by atomic mass is 9.93. The second-order valence-electron chi connectivity index (χ2n) is 6.88. The first kappa shape index (κ1) is 21.1. The summed E-state index contributed by atoms with van der Waals surface area (Å²) in [6.45, 7) is 4.88. The maximum absolute atomic E-state index is 5.88. The highest BCUT2D eigenvalue weighted by molar-refractivity contribution is 9.11. The summed E-state index contributed by atoms with van der Waals surface area (Å²) >= 11 is 14.6. The average molecular weight is 642 g/mol. The third-order valence-electron chi connectivity index (χ3n) is 4.67. The van der Waals surface area contributed by atoms with Gasteiger partial charge in [-0.2, -0.15) is 0 Å². The van der Waals surface area contributed by atoms with Crippen LogP contribution in [-0.4, -0.2) is 38.6 Å². The van der Waals surface area contributed by atoms with Crippen molar-refractivity contribution >= 4 is 63.7 Å². The standard InChI is InChI=1S/C20H18Br4O4/c1-10(11-2-15(21)19(16(22)3-11)27-8-13-6-25-13)12-4-17(23)20(18(24)5-12)28-9-14-7-26-14/h2-5,10,13-14H,6-9H2,1H3. The Morgan fingerprint density at radius 1 is 0.786 bits per heavy atom. The van der Waals surface area contributed by atoms with Crippen molar-refractivity contribution in [3.63, 3.8) is 0 Å². The molecule has 150 valence electrons. The van der Waals surface area contributed by atoms with Gasteiger partial charge in [-0.15, -0.1) is 0 Å². The Morgan fingerprint density at radius 3 is 1.39 bits per heavy atom. The van der Waals surface area contributed by atoms with Crippen LogP contribution >= 0.6 is 63.7 Å². The van der Waals surface area contributed by atoms with E-state index < -0.39 is 0 Å². The summed E-state index contributed by atoms with van der Waals surface area (Å²) in [5.74, 6) is 1.79. The normalized spacial score (nSPS) is 21.3. The molecule has 0 bridgehead atoms. The van der Waals surface area contributed by atoms with Crippen molar-refractivity contribution < 1.29 is 18.9 Å². The summed E-state index contributed by atoms with van der Waals surface area (Å²) in [6, 6.07) is 8.43. The van der Waals surface area contributed by atoms with Crippen LogP contribution in [-0.2, 0) is 9.47 Å². The summed E-state index contributed by atoms with van der Waals surface area (Å²) in [6.07, 6.45) is 0.443. The largest absolute Gasteiger partial charge is 0.488 e. The molecule has 28 heavy (non-hydrogen) atoms. The van der Waals surface area contributed by atoms with Crippen LogP contribution in [0.1, 0.15) is 24.0 Å². The van der Waals surface area contributed by atoms with E-state index in [9.17, 15) is 0 Å². The molecule has 0 aliphatic carbocycles. The summed E-state index contributed by atoms with van der Waals surface area (Å²) in [5.41, 5.74) is 2.35. The predicted octanol–water partition coefficient (Wildman–Crippen LogP) is 6.44. The summed E-state index contributed by atoms with van der Waals surface area (Å²) in [5, 5.41) is 0. The van der Waals surface area contributed by atoms with Gasteiger partial charge in [0, 0.05) is 5.92 Å². The highest BCUT2D eigenvalue weighted by Crippen LogP contribution is 2.41. The second-order valence-corrected chi connectivity index (χ2v) is 10.3. The molecule has 0 spiro atoms. The average Bonchev–Trinajstić information content (AvgIpc) is 3.53. The first-order chi connectivity index (χ1) is 13.4. The van der Waals surface area contributed by atoms with E-state index in [1.165, 1.54) is 11.1 Å². The lowest BCUT2D eigenvalue weighted by Gasteiger charge is -2.18. The quantitative estimate of drug-likeness (QED) is 0.311. The molecule has 2 unspecified atom stereocenters. The van der Waals surface area contributed by atoms with E-state index in [1.54, 1.807) is 0 Å². The van der Waals surface area contributed by atoms with Crippen LogP contribution in [0, 0.1) is 0 Å². The van der Waals surface area contributed by atoms with Gasteiger partial charge < -0.3 is 18.9 Å². The van der Waals surface area contributed by atoms with E-state index in [0.717, 1.165) is 42.6 Å². The molecule has 8 heteroatoms. The van der Waals surface area contributed by atoms with Gasteiger partial charge in [0.1, 0.15) is 36.9 Å². The number of hydrogen-bond donors (Lipinski definition) is 0. The fraction of sp³-hybridized carbons (Fsp3) is 0.400. The van der Waals surface area contributed by atoms with Crippen LogP contribution in [0.3, 0.4) is 0 Å². The number of benzene rings is 2. The fourth-order valence-electron chi connectivity index (χ4n) is 2.81. The third-order valence-corrected chi connectivity index (χ3v) is 7.03. The molecule has 2 aromatic rings. The van der Waals surface area contributed by atoms with Gasteiger partial charge in [0.25, 0.3) is 0 Å². The first-order valence-corrected chi connectivity index (χ1v) is 12.1. The van der Waals surface area contributed by atoms with E-state index in [-0.39, 0.29) is 18.1 Å². The zero-order chi connectivity index (χ0) is 19.8. The topological polar surface area (TPSA) is 43.5 Å². The molecule has 0 saturated carbocycles. The molecule has 4 rings (SSSR count). The van der Waals surface area contributed by atoms with Gasteiger partial charge in [-0.05, 0) is 99.1 Å². The van der Waals surface area contributed by atoms with Crippen molar-refractivity contribution in [3.05, 3.63) is 53.3 Å². The zero-order valence-electron chi connectivity index (χ0n) is 15.0. The maximum atomic E-state index is 5.88. The lowest BCUT2D eigenvalue weighted by molar-refractivity contribution is 0.260. The molecular formula is C20H18Br4O4. The predicted molar refractivity (Wildman–Crippen MR) is 122 cm³/mol. The van der Waals surface area contributed by atoms with Crippen LogP contribution in [0.25, 0.3) is 0 Å². The number of ether oxygens (including phenoxy) is 4. The van der Waals surface area contributed by atoms with Crippen molar-refractivity contribution in [1.82, 2.24) is 0 Å². The van der Waals surface area contributed by atoms with Crippen LogP contribution < -0.4 is 9.47 Å². The molecule has 0 N–H and O–H groups in total. The zero-order valence-corrected chi connectivity index (χ0v) is 21.4. The minimum atomic E-state index is 0.182. The Bertz CT molecular complexity index is 763. The van der Waals surface area contributed by atoms with Gasteiger partial charge in [-0.1, -0.05) is 6.92 Å². The van der Waals surface area contributed by atoms with Crippen molar-refractivity contribution in [1.29, 1.82) is 0 Å². The Balaban J connectivity index is 1.53. The summed E-state index contributed by atoms with van der Waals surface area (Å²) in [4.78, 5) is 0. The van der Waals surface area contributed by atoms with Gasteiger partial charge in [0.15, 0.2) is 0 Å². The van der Waals surface area contributed by atoms with Crippen LogP contribution in [0.15, 0.2) is 42.2 Å². The van der Waals surface area contributed by atoms with E-state index in [1.807, 2.05) is 0 Å². The molecule has 2 aliphatic heterocycles. The van der Waals surface area contributed by atoms with E-state index in [4.69, 9.17) is 18.9 Å². The van der Waals surface area contributed by atoms with Crippen LogP contribution in [0.5, 0.6) is 11.5 Å². The van der Waals surface area contributed by atoms with Crippen molar-refractivity contribution in [3.8, 4) is 11.5 Å². The molecule has 4 nitrogen and oxygen atoms in total. The molecule has 2 aromatic carbocycles. The Hall–Kier alpha value is -0.120. The van der Waals surface area contributed by atoms with E-state index in [2.05, 4.69) is 94.9 Å². The number of hydrogen-bond acceptors (Lipinski definition) is 4. The third kappa shape index (κ3) is 5.13.